The van der Waals surface area contributed by atoms with Crippen LogP contribution >= 0.6 is 0 Å². The Morgan fingerprint density at radius 3 is 1.40 bits per heavy atom. The summed E-state index contributed by atoms with van der Waals surface area (Å²) in [6, 6.07) is 4.00. The summed E-state index contributed by atoms with van der Waals surface area (Å²) in [6.07, 6.45) is 8.43. The predicted octanol–water partition coefficient (Wildman–Crippen LogP) is 5.70. The highest BCUT2D eigenvalue weighted by molar-refractivity contribution is 5.48. The Hall–Kier alpha value is -1.34. The molecule has 6 nitrogen and oxygen atoms in total. The smallest absolute Gasteiger partial charge is 0.187 e. The summed E-state index contributed by atoms with van der Waals surface area (Å²) in [6.45, 7) is 8.11. The first-order chi connectivity index (χ1) is 14.8. The van der Waals surface area contributed by atoms with E-state index in [1.165, 1.54) is 38.5 Å². The van der Waals surface area contributed by atoms with Crippen molar-refractivity contribution in [2.45, 2.75) is 77.8 Å². The Bertz CT molecular complexity index is 554. The van der Waals surface area contributed by atoms with Gasteiger partial charge in [-0.05, 0) is 25.0 Å². The average Bonchev–Trinajstić information content (AvgIpc) is 3.48. The molecule has 170 valence electrons. The van der Waals surface area contributed by atoms with Gasteiger partial charge in [0.2, 0.25) is 0 Å². The van der Waals surface area contributed by atoms with E-state index in [1.54, 1.807) is 0 Å². The van der Waals surface area contributed by atoms with Crippen LogP contribution in [0.15, 0.2) is 12.1 Å². The molecule has 1 aromatic carbocycles. The van der Waals surface area contributed by atoms with Gasteiger partial charge in [0, 0.05) is 0 Å². The minimum Gasteiger partial charge on any atom is -0.493 e. The van der Waals surface area contributed by atoms with Crippen LogP contribution in [0.25, 0.3) is 0 Å². The highest BCUT2D eigenvalue weighted by Crippen LogP contribution is 2.41. The van der Waals surface area contributed by atoms with Gasteiger partial charge in [-0.1, -0.05) is 52.4 Å². The number of ether oxygens (including phenoxy) is 6. The molecule has 0 unspecified atom stereocenters. The van der Waals surface area contributed by atoms with E-state index in [-0.39, 0.29) is 0 Å². The minimum absolute atomic E-state index is 0.419. The van der Waals surface area contributed by atoms with Crippen LogP contribution in [-0.2, 0) is 18.9 Å². The third-order valence-corrected chi connectivity index (χ3v) is 5.40. The Labute approximate surface area is 181 Å². The second kappa shape index (κ2) is 13.2. The first kappa shape index (κ1) is 23.3. The molecular weight excluding hydrogens is 384 g/mol. The molecule has 0 saturated carbocycles. The van der Waals surface area contributed by atoms with Gasteiger partial charge in [-0.15, -0.1) is 0 Å². The molecule has 0 aliphatic carbocycles. The SMILES string of the molecule is CCCCCCOc1cc(C2OCCO2)c(OCCCCCC)cc1C1OCCO1. The van der Waals surface area contributed by atoms with E-state index in [0.29, 0.717) is 39.6 Å². The molecule has 2 aliphatic heterocycles. The zero-order valence-electron chi connectivity index (χ0n) is 18.7. The van der Waals surface area contributed by atoms with E-state index >= 15 is 0 Å². The molecule has 0 radical (unpaired) electrons. The average molecular weight is 423 g/mol. The molecule has 0 N–H and O–H groups in total. The van der Waals surface area contributed by atoms with Gasteiger partial charge in [0.05, 0.1) is 50.8 Å². The van der Waals surface area contributed by atoms with Crippen molar-refractivity contribution >= 4 is 0 Å². The standard InChI is InChI=1S/C24H38O6/c1-3-5-7-9-11-25-21-17-20(24-29-15-16-30-24)22(26-12-10-8-6-4-2)18-19(21)23-27-13-14-28-23/h17-18,23-24H,3-16H2,1-2H3. The van der Waals surface area contributed by atoms with Gasteiger partial charge in [0.25, 0.3) is 0 Å². The lowest BCUT2D eigenvalue weighted by Crippen LogP contribution is -2.10. The zero-order valence-corrected chi connectivity index (χ0v) is 18.7. The molecule has 30 heavy (non-hydrogen) atoms. The Morgan fingerprint density at radius 2 is 1.03 bits per heavy atom. The molecular formula is C24H38O6. The van der Waals surface area contributed by atoms with E-state index in [2.05, 4.69) is 13.8 Å². The van der Waals surface area contributed by atoms with Crippen LogP contribution in [0.4, 0.5) is 0 Å². The lowest BCUT2D eigenvalue weighted by molar-refractivity contribution is -0.0495. The van der Waals surface area contributed by atoms with Crippen molar-refractivity contribution in [3.8, 4) is 11.5 Å². The maximum Gasteiger partial charge on any atom is 0.187 e. The molecule has 0 aromatic heterocycles. The second-order valence-corrected chi connectivity index (χ2v) is 7.89. The Balaban J connectivity index is 1.77. The van der Waals surface area contributed by atoms with Gasteiger partial charge in [0.15, 0.2) is 12.6 Å². The quantitative estimate of drug-likeness (QED) is 0.359. The molecule has 0 atom stereocenters. The molecule has 2 fully saturated rings. The van der Waals surface area contributed by atoms with Gasteiger partial charge in [0.1, 0.15) is 11.5 Å². The van der Waals surface area contributed by atoms with Crippen LogP contribution in [0, 0.1) is 0 Å². The van der Waals surface area contributed by atoms with Gasteiger partial charge in [-0.2, -0.15) is 0 Å². The van der Waals surface area contributed by atoms with E-state index in [1.807, 2.05) is 12.1 Å². The molecule has 2 aliphatic rings. The fraction of sp³-hybridized carbons (Fsp3) is 0.750. The van der Waals surface area contributed by atoms with Crippen molar-refractivity contribution in [2.24, 2.45) is 0 Å². The molecule has 6 heteroatoms. The summed E-state index contributed by atoms with van der Waals surface area (Å²) in [5, 5.41) is 0. The number of rotatable bonds is 14. The second-order valence-electron chi connectivity index (χ2n) is 7.89. The number of benzene rings is 1. The van der Waals surface area contributed by atoms with E-state index in [9.17, 15) is 0 Å². The normalized spacial score (nSPS) is 17.7. The topological polar surface area (TPSA) is 55.4 Å². The van der Waals surface area contributed by atoms with Crippen LogP contribution in [0.2, 0.25) is 0 Å². The molecule has 2 heterocycles. The van der Waals surface area contributed by atoms with Crippen LogP contribution in [0.3, 0.4) is 0 Å². The largest absolute Gasteiger partial charge is 0.493 e. The zero-order chi connectivity index (χ0) is 21.0. The third-order valence-electron chi connectivity index (χ3n) is 5.40. The van der Waals surface area contributed by atoms with Crippen LogP contribution in [-0.4, -0.2) is 39.6 Å². The molecule has 0 amide bonds. The van der Waals surface area contributed by atoms with Crippen molar-refractivity contribution in [2.75, 3.05) is 39.6 Å². The Morgan fingerprint density at radius 1 is 0.633 bits per heavy atom. The Kier molecular flexibility index (Phi) is 10.2. The first-order valence-corrected chi connectivity index (χ1v) is 11.7. The van der Waals surface area contributed by atoms with E-state index in [4.69, 9.17) is 28.4 Å². The molecule has 1 aromatic rings. The monoisotopic (exact) mass is 422 g/mol. The minimum atomic E-state index is -0.419. The lowest BCUT2D eigenvalue weighted by Gasteiger charge is -2.22. The fourth-order valence-electron chi connectivity index (χ4n) is 3.71. The van der Waals surface area contributed by atoms with Crippen LogP contribution < -0.4 is 9.47 Å². The number of unbranched alkanes of at least 4 members (excludes halogenated alkanes) is 6. The summed E-state index contributed by atoms with van der Waals surface area (Å²) < 4.78 is 35.5. The van der Waals surface area contributed by atoms with Crippen LogP contribution in [0.5, 0.6) is 11.5 Å². The van der Waals surface area contributed by atoms with Gasteiger partial charge in [-0.25, -0.2) is 0 Å². The molecule has 0 bridgehead atoms. The summed E-state index contributed by atoms with van der Waals surface area (Å²) >= 11 is 0. The van der Waals surface area contributed by atoms with Gasteiger partial charge < -0.3 is 28.4 Å². The summed E-state index contributed by atoms with van der Waals surface area (Å²) in [5.74, 6) is 1.54. The predicted molar refractivity (Wildman–Crippen MR) is 115 cm³/mol. The van der Waals surface area contributed by atoms with E-state index in [0.717, 1.165) is 35.5 Å². The van der Waals surface area contributed by atoms with Crippen molar-refractivity contribution in [1.82, 2.24) is 0 Å². The fourth-order valence-corrected chi connectivity index (χ4v) is 3.71. The van der Waals surface area contributed by atoms with Crippen molar-refractivity contribution < 1.29 is 28.4 Å². The maximum atomic E-state index is 6.18. The summed E-state index contributed by atoms with van der Waals surface area (Å²) in [5.41, 5.74) is 1.77. The lowest BCUT2D eigenvalue weighted by atomic mass is 10.1. The first-order valence-electron chi connectivity index (χ1n) is 11.7. The molecule has 2 saturated heterocycles. The summed E-state index contributed by atoms with van der Waals surface area (Å²) in [4.78, 5) is 0. The molecule has 3 rings (SSSR count). The van der Waals surface area contributed by atoms with Gasteiger partial charge in [-0.3, -0.25) is 0 Å². The maximum absolute atomic E-state index is 6.18. The third kappa shape index (κ3) is 6.84. The van der Waals surface area contributed by atoms with Crippen LogP contribution in [0.1, 0.15) is 88.9 Å². The van der Waals surface area contributed by atoms with Crippen molar-refractivity contribution in [3.05, 3.63) is 23.3 Å². The highest BCUT2D eigenvalue weighted by atomic mass is 16.7. The highest BCUT2D eigenvalue weighted by Gasteiger charge is 2.29. The van der Waals surface area contributed by atoms with Crippen molar-refractivity contribution in [1.29, 1.82) is 0 Å². The summed E-state index contributed by atoms with van der Waals surface area (Å²) in [7, 11) is 0. The van der Waals surface area contributed by atoms with Crippen molar-refractivity contribution in [3.63, 3.8) is 0 Å². The van der Waals surface area contributed by atoms with E-state index < -0.39 is 12.6 Å². The van der Waals surface area contributed by atoms with Gasteiger partial charge >= 0.3 is 0 Å². The number of hydrogen-bond donors (Lipinski definition) is 0. The number of hydrogen-bond acceptors (Lipinski definition) is 6. The molecule has 0 spiro atoms.